The lowest BCUT2D eigenvalue weighted by Crippen LogP contribution is -2.48. The van der Waals surface area contributed by atoms with Crippen molar-refractivity contribution in [2.24, 2.45) is 0 Å². The van der Waals surface area contributed by atoms with Gasteiger partial charge in [0.05, 0.1) is 6.07 Å². The fraction of sp³-hybridized carbons (Fsp3) is 0.833. The topological polar surface area (TPSA) is 56.1 Å². The Morgan fingerprint density at radius 2 is 2.06 bits per heavy atom. The van der Waals surface area contributed by atoms with Gasteiger partial charge in [0, 0.05) is 12.1 Å². The highest BCUT2D eigenvalue weighted by molar-refractivity contribution is 5.75. The first kappa shape index (κ1) is 12.8. The van der Waals surface area contributed by atoms with Crippen LogP contribution in [-0.4, -0.2) is 29.6 Å². The van der Waals surface area contributed by atoms with Gasteiger partial charge in [-0.2, -0.15) is 5.26 Å². The molecule has 0 aromatic rings. The number of carbonyl (C=O) groups is 1. The maximum atomic E-state index is 11.9. The van der Waals surface area contributed by atoms with E-state index < -0.39 is 0 Å². The first-order valence-corrected chi connectivity index (χ1v) is 6.09. The zero-order chi connectivity index (χ0) is 12.0. The zero-order valence-electron chi connectivity index (χ0n) is 10.2. The predicted molar refractivity (Wildman–Crippen MR) is 62.9 cm³/mol. The van der Waals surface area contributed by atoms with E-state index in [0.717, 1.165) is 12.8 Å². The van der Waals surface area contributed by atoms with Gasteiger partial charge in [0.1, 0.15) is 6.54 Å². The van der Waals surface area contributed by atoms with Crippen molar-refractivity contribution in [1.82, 2.24) is 10.2 Å². The van der Waals surface area contributed by atoms with E-state index in [1.165, 1.54) is 19.3 Å². The van der Waals surface area contributed by atoms with E-state index in [1.807, 2.05) is 19.9 Å². The third-order valence-corrected chi connectivity index (χ3v) is 3.06. The van der Waals surface area contributed by atoms with Crippen molar-refractivity contribution in [1.29, 1.82) is 5.26 Å². The number of nitrogens with one attached hydrogen (secondary N) is 1. The molecule has 90 valence electrons. The Labute approximate surface area is 97.6 Å². The van der Waals surface area contributed by atoms with Gasteiger partial charge in [-0.1, -0.05) is 19.3 Å². The molecule has 0 aliphatic heterocycles. The lowest BCUT2D eigenvalue weighted by molar-refractivity contribution is 0.183. The Morgan fingerprint density at radius 3 is 2.56 bits per heavy atom. The largest absolute Gasteiger partial charge is 0.335 e. The molecule has 0 unspecified atom stereocenters. The minimum absolute atomic E-state index is 0.0724. The number of urea groups is 1. The molecular weight excluding hydrogens is 202 g/mol. The van der Waals surface area contributed by atoms with E-state index in [2.05, 4.69) is 5.32 Å². The van der Waals surface area contributed by atoms with E-state index in [0.29, 0.717) is 6.04 Å². The van der Waals surface area contributed by atoms with Gasteiger partial charge >= 0.3 is 6.03 Å². The zero-order valence-corrected chi connectivity index (χ0v) is 10.2. The summed E-state index contributed by atoms with van der Waals surface area (Å²) in [6.07, 6.45) is 5.82. The van der Waals surface area contributed by atoms with Crippen molar-refractivity contribution in [3.63, 3.8) is 0 Å². The summed E-state index contributed by atoms with van der Waals surface area (Å²) in [5.74, 6) is 0. The van der Waals surface area contributed by atoms with Crippen LogP contribution in [0, 0.1) is 11.3 Å². The second-order valence-corrected chi connectivity index (χ2v) is 4.66. The molecule has 4 nitrogen and oxygen atoms in total. The average Bonchev–Trinajstić information content (AvgIpc) is 2.26. The van der Waals surface area contributed by atoms with Gasteiger partial charge in [-0.05, 0) is 26.7 Å². The second-order valence-electron chi connectivity index (χ2n) is 4.66. The van der Waals surface area contributed by atoms with Gasteiger partial charge in [-0.3, -0.25) is 0 Å². The summed E-state index contributed by atoms with van der Waals surface area (Å²) in [7, 11) is 0. The molecule has 0 heterocycles. The molecule has 1 rings (SSSR count). The Bertz CT molecular complexity index is 264. The molecule has 1 aliphatic carbocycles. The van der Waals surface area contributed by atoms with E-state index in [1.54, 1.807) is 4.90 Å². The minimum atomic E-state index is -0.0940. The summed E-state index contributed by atoms with van der Waals surface area (Å²) in [5, 5.41) is 11.7. The Kier molecular flexibility index (Phi) is 5.10. The lowest BCUT2D eigenvalue weighted by Gasteiger charge is -2.29. The molecule has 1 N–H and O–H groups in total. The number of nitriles is 1. The van der Waals surface area contributed by atoms with Crippen LogP contribution in [0.1, 0.15) is 46.0 Å². The molecule has 0 radical (unpaired) electrons. The summed E-state index contributed by atoms with van der Waals surface area (Å²) < 4.78 is 0. The van der Waals surface area contributed by atoms with Crippen LogP contribution in [-0.2, 0) is 0 Å². The Morgan fingerprint density at radius 1 is 1.44 bits per heavy atom. The van der Waals surface area contributed by atoms with E-state index in [9.17, 15) is 4.79 Å². The number of amides is 2. The molecule has 0 saturated heterocycles. The molecule has 0 aromatic carbocycles. The average molecular weight is 223 g/mol. The van der Waals surface area contributed by atoms with E-state index in [4.69, 9.17) is 5.26 Å². The van der Waals surface area contributed by atoms with E-state index in [-0.39, 0.29) is 18.6 Å². The fourth-order valence-electron chi connectivity index (χ4n) is 2.07. The van der Waals surface area contributed by atoms with Crippen molar-refractivity contribution >= 4 is 6.03 Å². The van der Waals surface area contributed by atoms with Crippen LogP contribution in [0.25, 0.3) is 0 Å². The summed E-state index contributed by atoms with van der Waals surface area (Å²) in [6.45, 7) is 4.02. The SMILES string of the molecule is CC(C)N(CC#N)C(=O)NC1CCCCC1. The Balaban J connectivity index is 2.44. The first-order valence-electron chi connectivity index (χ1n) is 6.09. The van der Waals surface area contributed by atoms with Crippen molar-refractivity contribution < 1.29 is 4.79 Å². The maximum Gasteiger partial charge on any atom is 0.318 e. The Hall–Kier alpha value is -1.24. The maximum absolute atomic E-state index is 11.9. The number of rotatable bonds is 3. The lowest BCUT2D eigenvalue weighted by atomic mass is 9.96. The molecule has 1 saturated carbocycles. The van der Waals surface area contributed by atoms with Crippen molar-refractivity contribution in [3.05, 3.63) is 0 Å². The summed E-state index contributed by atoms with van der Waals surface area (Å²) in [5.41, 5.74) is 0. The number of hydrogen-bond donors (Lipinski definition) is 1. The molecule has 4 heteroatoms. The monoisotopic (exact) mass is 223 g/mol. The molecule has 0 aromatic heterocycles. The summed E-state index contributed by atoms with van der Waals surface area (Å²) in [6, 6.07) is 2.32. The summed E-state index contributed by atoms with van der Waals surface area (Å²) in [4.78, 5) is 13.5. The van der Waals surface area contributed by atoms with Crippen LogP contribution in [0.2, 0.25) is 0 Å². The van der Waals surface area contributed by atoms with Crippen molar-refractivity contribution in [2.45, 2.75) is 58.0 Å². The first-order chi connectivity index (χ1) is 7.65. The molecule has 0 bridgehead atoms. The highest BCUT2D eigenvalue weighted by atomic mass is 16.2. The molecule has 0 atom stereocenters. The van der Waals surface area contributed by atoms with E-state index >= 15 is 0 Å². The quantitative estimate of drug-likeness (QED) is 0.746. The standard InChI is InChI=1S/C12H21N3O/c1-10(2)15(9-8-13)12(16)14-11-6-4-3-5-7-11/h10-11H,3-7,9H2,1-2H3,(H,14,16). The molecule has 2 amide bonds. The molecule has 1 aliphatic rings. The third kappa shape index (κ3) is 3.73. The fourth-order valence-corrected chi connectivity index (χ4v) is 2.07. The predicted octanol–water partition coefficient (Wildman–Crippen LogP) is 2.26. The smallest absolute Gasteiger partial charge is 0.318 e. The van der Waals surface area contributed by atoms with Crippen LogP contribution >= 0.6 is 0 Å². The van der Waals surface area contributed by atoms with Gasteiger partial charge in [0.2, 0.25) is 0 Å². The third-order valence-electron chi connectivity index (χ3n) is 3.06. The van der Waals surface area contributed by atoms with Crippen molar-refractivity contribution in [2.75, 3.05) is 6.54 Å². The molecular formula is C12H21N3O. The van der Waals surface area contributed by atoms with Crippen LogP contribution in [0.4, 0.5) is 4.79 Å². The number of carbonyl (C=O) groups excluding carboxylic acids is 1. The van der Waals surface area contributed by atoms with Crippen LogP contribution < -0.4 is 5.32 Å². The highest BCUT2D eigenvalue weighted by Crippen LogP contribution is 2.17. The van der Waals surface area contributed by atoms with Gasteiger partial charge in [0.15, 0.2) is 0 Å². The number of nitrogens with zero attached hydrogens (tertiary/aromatic N) is 2. The van der Waals surface area contributed by atoms with Crippen LogP contribution in [0.15, 0.2) is 0 Å². The minimum Gasteiger partial charge on any atom is -0.335 e. The molecule has 0 spiro atoms. The van der Waals surface area contributed by atoms with Gasteiger partial charge in [-0.15, -0.1) is 0 Å². The van der Waals surface area contributed by atoms with Crippen LogP contribution in [0.3, 0.4) is 0 Å². The van der Waals surface area contributed by atoms with Crippen molar-refractivity contribution in [3.8, 4) is 6.07 Å². The van der Waals surface area contributed by atoms with Crippen LogP contribution in [0.5, 0.6) is 0 Å². The summed E-state index contributed by atoms with van der Waals surface area (Å²) >= 11 is 0. The highest BCUT2D eigenvalue weighted by Gasteiger charge is 2.21. The van der Waals surface area contributed by atoms with Gasteiger partial charge in [0.25, 0.3) is 0 Å². The normalized spacial score (nSPS) is 16.9. The second kappa shape index (κ2) is 6.37. The number of hydrogen-bond acceptors (Lipinski definition) is 2. The molecule has 1 fully saturated rings. The molecule has 16 heavy (non-hydrogen) atoms. The van der Waals surface area contributed by atoms with Gasteiger partial charge in [-0.25, -0.2) is 4.79 Å². The van der Waals surface area contributed by atoms with Gasteiger partial charge < -0.3 is 10.2 Å².